The molecule has 0 radical (unpaired) electrons. The molecule has 0 saturated carbocycles. The molecule has 0 unspecified atom stereocenters. The number of carbonyl (C=O) groups is 2. The fraction of sp³-hybridized carbons (Fsp3) is 0.391. The minimum absolute atomic E-state index is 0.160. The fourth-order valence-electron chi connectivity index (χ4n) is 3.52. The molecule has 8 heteroatoms. The molecule has 6 nitrogen and oxygen atoms in total. The first-order valence-corrected chi connectivity index (χ1v) is 10.8. The molecule has 0 aliphatic carbocycles. The highest BCUT2D eigenvalue weighted by molar-refractivity contribution is 6.33. The second-order valence-corrected chi connectivity index (χ2v) is 9.34. The van der Waals surface area contributed by atoms with Gasteiger partial charge in [0.1, 0.15) is 5.75 Å². The van der Waals surface area contributed by atoms with Crippen molar-refractivity contribution in [1.29, 1.82) is 0 Å². The van der Waals surface area contributed by atoms with Crippen molar-refractivity contribution < 1.29 is 14.3 Å². The van der Waals surface area contributed by atoms with Gasteiger partial charge in [-0.25, -0.2) is 0 Å². The van der Waals surface area contributed by atoms with Gasteiger partial charge in [0, 0.05) is 42.3 Å². The van der Waals surface area contributed by atoms with Gasteiger partial charge < -0.3 is 19.9 Å². The van der Waals surface area contributed by atoms with Gasteiger partial charge >= 0.3 is 0 Å². The van der Waals surface area contributed by atoms with Crippen LogP contribution in [0, 0.1) is 5.41 Å². The molecule has 2 aromatic rings. The molecular weight excluding hydrogens is 437 g/mol. The van der Waals surface area contributed by atoms with Crippen LogP contribution in [-0.4, -0.2) is 50.0 Å². The molecule has 2 aromatic carbocycles. The first-order valence-electron chi connectivity index (χ1n) is 10.1. The molecule has 1 heterocycles. The summed E-state index contributed by atoms with van der Waals surface area (Å²) in [5, 5.41) is 3.82. The molecule has 1 fully saturated rings. The number of nitrogens with zero attached hydrogens (tertiary/aromatic N) is 2. The first-order chi connectivity index (χ1) is 14.6. The first kappa shape index (κ1) is 23.2. The third-order valence-electron chi connectivity index (χ3n) is 5.16. The van der Waals surface area contributed by atoms with Crippen LogP contribution in [0.4, 0.5) is 11.4 Å². The molecule has 2 amide bonds. The Morgan fingerprint density at radius 1 is 1.00 bits per heavy atom. The molecule has 1 aliphatic rings. The number of hydrogen-bond acceptors (Lipinski definition) is 4. The molecular formula is C23H27Cl2N3O3. The molecule has 1 N–H and O–H groups in total. The van der Waals surface area contributed by atoms with Gasteiger partial charge in [0.25, 0.3) is 5.91 Å². The van der Waals surface area contributed by atoms with E-state index in [2.05, 4.69) is 10.2 Å². The van der Waals surface area contributed by atoms with Gasteiger partial charge in [-0.1, -0.05) is 44.0 Å². The second kappa shape index (κ2) is 9.37. The van der Waals surface area contributed by atoms with Crippen molar-refractivity contribution in [2.24, 2.45) is 5.41 Å². The summed E-state index contributed by atoms with van der Waals surface area (Å²) in [5.41, 5.74) is 1.41. The number of methoxy groups -OCH3 is 1. The maximum Gasteiger partial charge on any atom is 0.259 e. The second-order valence-electron chi connectivity index (χ2n) is 8.49. The number of anilines is 2. The number of benzene rings is 2. The van der Waals surface area contributed by atoms with Crippen molar-refractivity contribution in [1.82, 2.24) is 4.90 Å². The molecule has 0 atom stereocenters. The number of piperazine rings is 1. The SMILES string of the molecule is COc1ccc(Cl)cc1C(=O)Nc1ccc(N2CCN(C(=O)C(C)(C)C)CC2)c(Cl)c1. The van der Waals surface area contributed by atoms with Crippen molar-refractivity contribution in [3.63, 3.8) is 0 Å². The summed E-state index contributed by atoms with van der Waals surface area (Å²) < 4.78 is 5.25. The average Bonchev–Trinajstić information content (AvgIpc) is 2.73. The highest BCUT2D eigenvalue weighted by Crippen LogP contribution is 2.31. The van der Waals surface area contributed by atoms with Crippen molar-refractivity contribution >= 4 is 46.4 Å². The maximum absolute atomic E-state index is 12.7. The predicted molar refractivity (Wildman–Crippen MR) is 126 cm³/mol. The van der Waals surface area contributed by atoms with E-state index in [1.54, 1.807) is 24.3 Å². The van der Waals surface area contributed by atoms with Crippen LogP contribution in [0.1, 0.15) is 31.1 Å². The van der Waals surface area contributed by atoms with Gasteiger partial charge in [-0.2, -0.15) is 0 Å². The smallest absolute Gasteiger partial charge is 0.259 e. The number of nitrogens with one attached hydrogen (secondary N) is 1. The van der Waals surface area contributed by atoms with Gasteiger partial charge in [0.15, 0.2) is 0 Å². The van der Waals surface area contributed by atoms with Crippen LogP contribution in [0.15, 0.2) is 36.4 Å². The van der Waals surface area contributed by atoms with E-state index >= 15 is 0 Å². The average molecular weight is 464 g/mol. The Balaban J connectivity index is 1.68. The van der Waals surface area contributed by atoms with Gasteiger partial charge in [0.05, 0.1) is 23.4 Å². The monoisotopic (exact) mass is 463 g/mol. The van der Waals surface area contributed by atoms with Crippen molar-refractivity contribution in [2.45, 2.75) is 20.8 Å². The molecule has 3 rings (SSSR count). The minimum Gasteiger partial charge on any atom is -0.496 e. The number of amides is 2. The fourth-order valence-corrected chi connectivity index (χ4v) is 3.99. The third kappa shape index (κ3) is 5.43. The molecule has 1 saturated heterocycles. The Bertz CT molecular complexity index is 981. The zero-order valence-corrected chi connectivity index (χ0v) is 19.7. The Kier molecular flexibility index (Phi) is 7.02. The number of hydrogen-bond donors (Lipinski definition) is 1. The lowest BCUT2D eigenvalue weighted by Gasteiger charge is -2.39. The van der Waals surface area contributed by atoms with Crippen LogP contribution < -0.4 is 15.0 Å². The van der Waals surface area contributed by atoms with Crippen molar-refractivity contribution in [3.8, 4) is 5.75 Å². The predicted octanol–water partition coefficient (Wildman–Crippen LogP) is 4.95. The summed E-state index contributed by atoms with van der Waals surface area (Å²) in [4.78, 5) is 29.2. The molecule has 0 spiro atoms. The van der Waals surface area contributed by atoms with Gasteiger partial charge in [0.2, 0.25) is 5.91 Å². The highest BCUT2D eigenvalue weighted by Gasteiger charge is 2.30. The molecule has 0 bridgehead atoms. The van der Waals surface area contributed by atoms with E-state index in [0.717, 1.165) is 5.69 Å². The molecule has 1 aliphatic heterocycles. The van der Waals surface area contributed by atoms with E-state index in [-0.39, 0.29) is 17.2 Å². The summed E-state index contributed by atoms with van der Waals surface area (Å²) >= 11 is 12.5. The van der Waals surface area contributed by atoms with Crippen LogP contribution in [0.2, 0.25) is 10.0 Å². The van der Waals surface area contributed by atoms with Crippen LogP contribution in [0.25, 0.3) is 0 Å². The van der Waals surface area contributed by atoms with Crippen LogP contribution in [0.5, 0.6) is 5.75 Å². The zero-order chi connectivity index (χ0) is 22.8. The normalized spacial score (nSPS) is 14.4. The summed E-state index contributed by atoms with van der Waals surface area (Å²) in [6.45, 7) is 8.51. The van der Waals surface area contributed by atoms with E-state index in [0.29, 0.717) is 53.2 Å². The largest absolute Gasteiger partial charge is 0.496 e. The zero-order valence-electron chi connectivity index (χ0n) is 18.2. The Hall–Kier alpha value is -2.44. The summed E-state index contributed by atoms with van der Waals surface area (Å²) in [6, 6.07) is 10.3. The number of carbonyl (C=O) groups excluding carboxylic acids is 2. The van der Waals surface area contributed by atoms with Crippen molar-refractivity contribution in [3.05, 3.63) is 52.0 Å². The van der Waals surface area contributed by atoms with Crippen LogP contribution in [0.3, 0.4) is 0 Å². The lowest BCUT2D eigenvalue weighted by Crippen LogP contribution is -2.51. The Morgan fingerprint density at radius 2 is 1.68 bits per heavy atom. The number of ether oxygens (including phenoxy) is 1. The number of rotatable bonds is 4. The Morgan fingerprint density at radius 3 is 2.26 bits per heavy atom. The van der Waals surface area contributed by atoms with E-state index in [1.807, 2.05) is 37.8 Å². The van der Waals surface area contributed by atoms with Crippen LogP contribution in [-0.2, 0) is 4.79 Å². The number of halogens is 2. The van der Waals surface area contributed by atoms with E-state index in [9.17, 15) is 9.59 Å². The molecule has 0 aromatic heterocycles. The minimum atomic E-state index is -0.384. The van der Waals surface area contributed by atoms with Gasteiger partial charge in [-0.05, 0) is 36.4 Å². The Labute approximate surface area is 193 Å². The van der Waals surface area contributed by atoms with E-state index in [1.165, 1.54) is 7.11 Å². The molecule has 31 heavy (non-hydrogen) atoms. The quantitative estimate of drug-likeness (QED) is 0.696. The third-order valence-corrected chi connectivity index (χ3v) is 5.70. The van der Waals surface area contributed by atoms with Gasteiger partial charge in [-0.3, -0.25) is 9.59 Å². The maximum atomic E-state index is 12.7. The van der Waals surface area contributed by atoms with Crippen LogP contribution >= 0.6 is 23.2 Å². The van der Waals surface area contributed by atoms with E-state index < -0.39 is 0 Å². The van der Waals surface area contributed by atoms with E-state index in [4.69, 9.17) is 27.9 Å². The lowest BCUT2D eigenvalue weighted by atomic mass is 9.94. The topological polar surface area (TPSA) is 61.9 Å². The lowest BCUT2D eigenvalue weighted by molar-refractivity contribution is -0.139. The summed E-state index contributed by atoms with van der Waals surface area (Å²) in [7, 11) is 1.50. The summed E-state index contributed by atoms with van der Waals surface area (Å²) in [6.07, 6.45) is 0. The van der Waals surface area contributed by atoms with Gasteiger partial charge in [-0.15, -0.1) is 0 Å². The summed E-state index contributed by atoms with van der Waals surface area (Å²) in [5.74, 6) is 0.262. The molecule has 166 valence electrons. The standard InChI is InChI=1S/C23H27Cl2N3O3/c1-23(2,3)22(30)28-11-9-27(10-12-28)19-7-6-16(14-18(19)25)26-21(29)17-13-15(24)5-8-20(17)31-4/h5-8,13-14H,9-12H2,1-4H3,(H,26,29). The highest BCUT2D eigenvalue weighted by atomic mass is 35.5. The van der Waals surface area contributed by atoms with Crippen molar-refractivity contribution in [2.75, 3.05) is 43.5 Å².